The predicted molar refractivity (Wildman–Crippen MR) is 55.7 cm³/mol. The van der Waals surface area contributed by atoms with E-state index in [1.165, 1.54) is 0 Å². The van der Waals surface area contributed by atoms with Crippen LogP contribution in [0.4, 0.5) is 0 Å². The van der Waals surface area contributed by atoms with Crippen molar-refractivity contribution in [3.63, 3.8) is 0 Å². The lowest BCUT2D eigenvalue weighted by atomic mass is 10.3. The fourth-order valence-corrected chi connectivity index (χ4v) is 1.58. The van der Waals surface area contributed by atoms with E-state index in [4.69, 9.17) is 11.6 Å². The van der Waals surface area contributed by atoms with E-state index < -0.39 is 0 Å². The predicted octanol–water partition coefficient (Wildman–Crippen LogP) is 2.88. The largest absolute Gasteiger partial charge is 0.303 e. The van der Waals surface area contributed by atoms with Crippen LogP contribution in [0.15, 0.2) is 30.8 Å². The molecule has 1 aromatic heterocycles. The van der Waals surface area contributed by atoms with E-state index in [1.54, 1.807) is 6.20 Å². The fourth-order valence-electron chi connectivity index (χ4n) is 1.39. The Bertz CT molecular complexity index is 445. The summed E-state index contributed by atoms with van der Waals surface area (Å²) in [6.45, 7) is 3.73. The summed E-state index contributed by atoms with van der Waals surface area (Å²) in [4.78, 5) is 4.36. The van der Waals surface area contributed by atoms with Crippen molar-refractivity contribution in [2.45, 2.75) is 5.88 Å². The number of imidazole rings is 1. The molecule has 2 nitrogen and oxygen atoms in total. The average Bonchev–Trinajstić information content (AvgIpc) is 2.55. The van der Waals surface area contributed by atoms with Crippen molar-refractivity contribution in [1.29, 1.82) is 0 Å². The molecule has 3 heteroatoms. The minimum atomic E-state index is 0.403. The smallest absolute Gasteiger partial charge is 0.128 e. The van der Waals surface area contributed by atoms with Crippen molar-refractivity contribution in [2.24, 2.45) is 0 Å². The van der Waals surface area contributed by atoms with Gasteiger partial charge < -0.3 is 4.57 Å². The van der Waals surface area contributed by atoms with Crippen LogP contribution in [0.25, 0.3) is 17.2 Å². The third kappa shape index (κ3) is 1.23. The van der Waals surface area contributed by atoms with Crippen LogP contribution in [0, 0.1) is 0 Å². The second kappa shape index (κ2) is 3.23. The number of fused-ring (bicyclic) bond motifs is 1. The van der Waals surface area contributed by atoms with E-state index >= 15 is 0 Å². The zero-order valence-corrected chi connectivity index (χ0v) is 7.83. The summed E-state index contributed by atoms with van der Waals surface area (Å²) < 4.78 is 1.91. The van der Waals surface area contributed by atoms with E-state index in [2.05, 4.69) is 11.6 Å². The van der Waals surface area contributed by atoms with E-state index in [0.717, 1.165) is 16.9 Å². The van der Waals surface area contributed by atoms with Crippen LogP contribution in [-0.2, 0) is 5.88 Å². The van der Waals surface area contributed by atoms with Gasteiger partial charge in [0.15, 0.2) is 0 Å². The highest BCUT2D eigenvalue weighted by molar-refractivity contribution is 6.17. The van der Waals surface area contributed by atoms with E-state index in [1.807, 2.05) is 28.8 Å². The summed E-state index contributed by atoms with van der Waals surface area (Å²) in [5.74, 6) is 1.23. The molecule has 1 heterocycles. The molecule has 2 rings (SSSR count). The molecule has 0 spiro atoms. The van der Waals surface area contributed by atoms with Gasteiger partial charge in [0.2, 0.25) is 0 Å². The number of alkyl halides is 1. The number of nitrogens with zero attached hydrogens (tertiary/aromatic N) is 2. The second-order valence-electron chi connectivity index (χ2n) is 2.70. The molecule has 0 aliphatic rings. The Labute approximate surface area is 81.5 Å². The van der Waals surface area contributed by atoms with Gasteiger partial charge in [0.25, 0.3) is 0 Å². The summed E-state index contributed by atoms with van der Waals surface area (Å²) in [6, 6.07) is 7.90. The Hall–Kier alpha value is -1.28. The molecule has 0 bridgehead atoms. The van der Waals surface area contributed by atoms with Gasteiger partial charge in [-0.3, -0.25) is 0 Å². The molecule has 0 atom stereocenters. The van der Waals surface area contributed by atoms with Crippen molar-refractivity contribution in [3.05, 3.63) is 36.7 Å². The lowest BCUT2D eigenvalue weighted by Gasteiger charge is -1.97. The zero-order valence-electron chi connectivity index (χ0n) is 7.07. The molecule has 13 heavy (non-hydrogen) atoms. The summed E-state index contributed by atoms with van der Waals surface area (Å²) in [6.07, 6.45) is 1.73. The molecule has 66 valence electrons. The van der Waals surface area contributed by atoms with Crippen LogP contribution >= 0.6 is 11.6 Å². The Kier molecular flexibility index (Phi) is 2.07. The highest BCUT2D eigenvalue weighted by atomic mass is 35.5. The van der Waals surface area contributed by atoms with Crippen molar-refractivity contribution < 1.29 is 0 Å². The molecule has 1 aromatic carbocycles. The SMILES string of the molecule is C=Cn1c(CCl)nc2ccccc21. The minimum Gasteiger partial charge on any atom is -0.303 e. The van der Waals surface area contributed by atoms with Crippen molar-refractivity contribution in [3.8, 4) is 0 Å². The fraction of sp³-hybridized carbons (Fsp3) is 0.100. The van der Waals surface area contributed by atoms with Gasteiger partial charge in [-0.05, 0) is 12.1 Å². The third-order valence-corrected chi connectivity index (χ3v) is 2.21. The molecule has 0 amide bonds. The lowest BCUT2D eigenvalue weighted by Crippen LogP contribution is -1.91. The number of benzene rings is 1. The van der Waals surface area contributed by atoms with Crippen LogP contribution < -0.4 is 0 Å². The molecular formula is C10H9ClN2. The maximum atomic E-state index is 5.75. The third-order valence-electron chi connectivity index (χ3n) is 1.97. The maximum Gasteiger partial charge on any atom is 0.128 e. The molecule has 0 fully saturated rings. The Morgan fingerprint density at radius 3 is 2.92 bits per heavy atom. The molecular weight excluding hydrogens is 184 g/mol. The topological polar surface area (TPSA) is 17.8 Å². The molecule has 2 aromatic rings. The normalized spacial score (nSPS) is 10.5. The Morgan fingerprint density at radius 2 is 2.23 bits per heavy atom. The highest BCUT2D eigenvalue weighted by Crippen LogP contribution is 2.16. The monoisotopic (exact) mass is 192 g/mol. The number of para-hydroxylation sites is 2. The van der Waals surface area contributed by atoms with Crippen LogP contribution in [-0.4, -0.2) is 9.55 Å². The van der Waals surface area contributed by atoms with Gasteiger partial charge in [-0.25, -0.2) is 4.98 Å². The van der Waals surface area contributed by atoms with Gasteiger partial charge in [0, 0.05) is 6.20 Å². The van der Waals surface area contributed by atoms with E-state index in [0.29, 0.717) is 5.88 Å². The first-order chi connectivity index (χ1) is 6.36. The van der Waals surface area contributed by atoms with Gasteiger partial charge in [-0.1, -0.05) is 18.7 Å². The summed E-state index contributed by atoms with van der Waals surface area (Å²) in [7, 11) is 0. The summed E-state index contributed by atoms with van der Waals surface area (Å²) in [5, 5.41) is 0. The first-order valence-corrected chi connectivity index (χ1v) is 4.54. The number of hydrogen-bond donors (Lipinski definition) is 0. The van der Waals surface area contributed by atoms with Gasteiger partial charge in [-0.15, -0.1) is 11.6 Å². The van der Waals surface area contributed by atoms with Crippen LogP contribution in [0.2, 0.25) is 0 Å². The molecule has 0 N–H and O–H groups in total. The van der Waals surface area contributed by atoms with Crippen molar-refractivity contribution in [1.82, 2.24) is 9.55 Å². The minimum absolute atomic E-state index is 0.403. The molecule has 0 saturated carbocycles. The lowest BCUT2D eigenvalue weighted by molar-refractivity contribution is 1.03. The van der Waals surface area contributed by atoms with Crippen LogP contribution in [0.5, 0.6) is 0 Å². The molecule has 0 radical (unpaired) electrons. The number of rotatable bonds is 2. The molecule has 0 saturated heterocycles. The highest BCUT2D eigenvalue weighted by Gasteiger charge is 2.05. The van der Waals surface area contributed by atoms with Gasteiger partial charge in [0.1, 0.15) is 5.82 Å². The van der Waals surface area contributed by atoms with Crippen molar-refractivity contribution >= 4 is 28.8 Å². The van der Waals surface area contributed by atoms with Crippen LogP contribution in [0.1, 0.15) is 5.82 Å². The number of hydrogen-bond acceptors (Lipinski definition) is 1. The molecule has 0 aliphatic heterocycles. The van der Waals surface area contributed by atoms with Gasteiger partial charge in [-0.2, -0.15) is 0 Å². The molecule has 0 aliphatic carbocycles. The van der Waals surface area contributed by atoms with Crippen molar-refractivity contribution in [2.75, 3.05) is 0 Å². The first kappa shape index (κ1) is 8.32. The molecule has 0 unspecified atom stereocenters. The van der Waals surface area contributed by atoms with Gasteiger partial charge in [0.05, 0.1) is 16.9 Å². The van der Waals surface area contributed by atoms with Gasteiger partial charge >= 0.3 is 0 Å². The van der Waals surface area contributed by atoms with Crippen LogP contribution in [0.3, 0.4) is 0 Å². The second-order valence-corrected chi connectivity index (χ2v) is 2.97. The average molecular weight is 193 g/mol. The number of aromatic nitrogens is 2. The summed E-state index contributed by atoms with van der Waals surface area (Å²) in [5.41, 5.74) is 2.01. The zero-order chi connectivity index (χ0) is 9.26. The quantitative estimate of drug-likeness (QED) is 0.669. The Morgan fingerprint density at radius 1 is 1.46 bits per heavy atom. The number of halogens is 1. The summed E-state index contributed by atoms with van der Waals surface area (Å²) >= 11 is 5.75. The first-order valence-electron chi connectivity index (χ1n) is 4.01. The van der Waals surface area contributed by atoms with E-state index in [9.17, 15) is 0 Å². The maximum absolute atomic E-state index is 5.75. The standard InChI is InChI=1S/C10H9ClN2/c1-2-13-9-6-4-3-5-8(9)12-10(13)7-11/h2-6H,1,7H2. The van der Waals surface area contributed by atoms with E-state index in [-0.39, 0.29) is 0 Å². The Balaban J connectivity index is 2.81.